The smallest absolute Gasteiger partial charge is 0.0964 e. The van der Waals surface area contributed by atoms with E-state index in [1.165, 1.54) is 0 Å². The number of aliphatic hydroxyl groups is 1. The summed E-state index contributed by atoms with van der Waals surface area (Å²) in [5.74, 6) is 2.06. The minimum atomic E-state index is 0.192. The van der Waals surface area contributed by atoms with Gasteiger partial charge in [0.15, 0.2) is 0 Å². The standard InChI is InChI=1S/C14H28N4O/c1-11(2)14(12(3)4)9-15-8-13-10-18(17-16-13)6-5-7-19/h10-12,14-15,19H,5-9H2,1-4H3. The topological polar surface area (TPSA) is 63.0 Å². The summed E-state index contributed by atoms with van der Waals surface area (Å²) in [6.45, 7) is 11.8. The van der Waals surface area contributed by atoms with Crippen LogP contribution in [0.15, 0.2) is 6.20 Å². The summed E-state index contributed by atoms with van der Waals surface area (Å²) >= 11 is 0. The van der Waals surface area contributed by atoms with Crippen LogP contribution in [0.3, 0.4) is 0 Å². The molecule has 0 bridgehead atoms. The maximum atomic E-state index is 8.77. The van der Waals surface area contributed by atoms with Crippen LogP contribution in [0.2, 0.25) is 0 Å². The number of rotatable bonds is 9. The lowest BCUT2D eigenvalue weighted by Crippen LogP contribution is -2.29. The third kappa shape index (κ3) is 5.70. The summed E-state index contributed by atoms with van der Waals surface area (Å²) < 4.78 is 1.79. The number of hydrogen-bond donors (Lipinski definition) is 2. The highest BCUT2D eigenvalue weighted by Gasteiger charge is 2.16. The lowest BCUT2D eigenvalue weighted by Gasteiger charge is -2.24. The Morgan fingerprint density at radius 2 is 1.95 bits per heavy atom. The van der Waals surface area contributed by atoms with Gasteiger partial charge in [0.25, 0.3) is 0 Å². The van der Waals surface area contributed by atoms with Gasteiger partial charge in [0.05, 0.1) is 5.69 Å². The van der Waals surface area contributed by atoms with E-state index in [-0.39, 0.29) is 6.61 Å². The second kappa shape index (κ2) is 8.27. The van der Waals surface area contributed by atoms with Gasteiger partial charge in [-0.1, -0.05) is 32.9 Å². The molecule has 0 aromatic carbocycles. The number of aryl methyl sites for hydroxylation is 1. The molecule has 0 saturated heterocycles. The third-order valence-corrected chi connectivity index (χ3v) is 3.53. The molecule has 0 fully saturated rings. The van der Waals surface area contributed by atoms with Crippen LogP contribution >= 0.6 is 0 Å². The Balaban J connectivity index is 2.34. The van der Waals surface area contributed by atoms with Crippen LogP contribution < -0.4 is 5.32 Å². The molecule has 110 valence electrons. The molecule has 0 spiro atoms. The van der Waals surface area contributed by atoms with E-state index in [1.54, 1.807) is 4.68 Å². The Morgan fingerprint density at radius 1 is 1.26 bits per heavy atom. The van der Waals surface area contributed by atoms with E-state index in [2.05, 4.69) is 43.3 Å². The van der Waals surface area contributed by atoms with Gasteiger partial charge in [-0.15, -0.1) is 5.10 Å². The molecule has 1 aromatic heterocycles. The summed E-state index contributed by atoms with van der Waals surface area (Å²) in [6, 6.07) is 0. The zero-order valence-electron chi connectivity index (χ0n) is 12.6. The molecular formula is C14H28N4O. The maximum Gasteiger partial charge on any atom is 0.0964 e. The molecule has 2 N–H and O–H groups in total. The first-order valence-electron chi connectivity index (χ1n) is 7.25. The van der Waals surface area contributed by atoms with E-state index in [9.17, 15) is 0 Å². The Hall–Kier alpha value is -0.940. The Labute approximate surface area is 116 Å². The zero-order chi connectivity index (χ0) is 14.3. The summed E-state index contributed by atoms with van der Waals surface area (Å²) in [7, 11) is 0. The van der Waals surface area contributed by atoms with Crippen LogP contribution in [0.25, 0.3) is 0 Å². The number of nitrogens with zero attached hydrogens (tertiary/aromatic N) is 3. The van der Waals surface area contributed by atoms with Crippen LogP contribution in [0.4, 0.5) is 0 Å². The molecule has 1 rings (SSSR count). The average molecular weight is 268 g/mol. The summed E-state index contributed by atoms with van der Waals surface area (Å²) in [4.78, 5) is 0. The fourth-order valence-corrected chi connectivity index (χ4v) is 2.37. The van der Waals surface area contributed by atoms with Crippen molar-refractivity contribution in [3.8, 4) is 0 Å². The van der Waals surface area contributed by atoms with Crippen molar-refractivity contribution in [3.05, 3.63) is 11.9 Å². The third-order valence-electron chi connectivity index (χ3n) is 3.53. The van der Waals surface area contributed by atoms with Crippen LogP contribution in [0, 0.1) is 17.8 Å². The molecule has 1 heterocycles. The number of hydrogen-bond acceptors (Lipinski definition) is 4. The molecular weight excluding hydrogens is 240 g/mol. The van der Waals surface area contributed by atoms with Gasteiger partial charge in [0.1, 0.15) is 0 Å². The van der Waals surface area contributed by atoms with Gasteiger partial charge in [-0.25, -0.2) is 0 Å². The van der Waals surface area contributed by atoms with Gasteiger partial charge >= 0.3 is 0 Å². The summed E-state index contributed by atoms with van der Waals surface area (Å²) in [6.07, 6.45) is 2.67. The first-order chi connectivity index (χ1) is 9.04. The second-order valence-corrected chi connectivity index (χ2v) is 5.83. The Kier molecular flexibility index (Phi) is 7.02. The van der Waals surface area contributed by atoms with Gasteiger partial charge in [0, 0.05) is 25.9 Å². The molecule has 1 aromatic rings. The van der Waals surface area contributed by atoms with Crippen molar-refractivity contribution >= 4 is 0 Å². The lowest BCUT2D eigenvalue weighted by molar-refractivity contribution is 0.275. The van der Waals surface area contributed by atoms with Crippen LogP contribution in [0.5, 0.6) is 0 Å². The van der Waals surface area contributed by atoms with Gasteiger partial charge in [-0.05, 0) is 30.7 Å². The molecule has 5 heteroatoms. The number of aliphatic hydroxyl groups excluding tert-OH is 1. The molecule has 0 saturated carbocycles. The molecule has 0 amide bonds. The summed E-state index contributed by atoms with van der Waals surface area (Å²) in [5.41, 5.74) is 0.962. The molecule has 0 aliphatic carbocycles. The normalized spacial score (nSPS) is 12.0. The average Bonchev–Trinajstić information content (AvgIpc) is 2.79. The highest BCUT2D eigenvalue weighted by Crippen LogP contribution is 2.19. The van der Waals surface area contributed by atoms with Crippen molar-refractivity contribution in [1.82, 2.24) is 20.3 Å². The minimum Gasteiger partial charge on any atom is -0.396 e. The van der Waals surface area contributed by atoms with Crippen LogP contribution in [-0.2, 0) is 13.1 Å². The van der Waals surface area contributed by atoms with E-state index in [4.69, 9.17) is 5.11 Å². The minimum absolute atomic E-state index is 0.192. The predicted molar refractivity (Wildman–Crippen MR) is 76.6 cm³/mol. The second-order valence-electron chi connectivity index (χ2n) is 5.83. The fraction of sp³-hybridized carbons (Fsp3) is 0.857. The fourth-order valence-electron chi connectivity index (χ4n) is 2.37. The van der Waals surface area contributed by atoms with Crippen molar-refractivity contribution in [3.63, 3.8) is 0 Å². The lowest BCUT2D eigenvalue weighted by atomic mass is 9.85. The highest BCUT2D eigenvalue weighted by atomic mass is 16.3. The van der Waals surface area contributed by atoms with E-state index in [1.807, 2.05) is 6.20 Å². The Bertz CT molecular complexity index is 341. The van der Waals surface area contributed by atoms with E-state index in [0.717, 1.165) is 31.7 Å². The Morgan fingerprint density at radius 3 is 2.53 bits per heavy atom. The predicted octanol–water partition coefficient (Wildman–Crippen LogP) is 1.68. The van der Waals surface area contributed by atoms with Gasteiger partial charge in [0.2, 0.25) is 0 Å². The van der Waals surface area contributed by atoms with Gasteiger partial charge in [-0.2, -0.15) is 0 Å². The molecule has 0 aliphatic heterocycles. The van der Waals surface area contributed by atoms with Crippen molar-refractivity contribution in [2.75, 3.05) is 13.2 Å². The maximum absolute atomic E-state index is 8.77. The molecule has 0 atom stereocenters. The van der Waals surface area contributed by atoms with Crippen molar-refractivity contribution < 1.29 is 5.11 Å². The van der Waals surface area contributed by atoms with Crippen LogP contribution in [-0.4, -0.2) is 33.3 Å². The summed E-state index contributed by atoms with van der Waals surface area (Å²) in [5, 5.41) is 20.4. The van der Waals surface area contributed by atoms with Crippen molar-refractivity contribution in [2.45, 2.75) is 47.2 Å². The SMILES string of the molecule is CC(C)C(CNCc1cn(CCCO)nn1)C(C)C. The van der Waals surface area contributed by atoms with Crippen molar-refractivity contribution in [2.24, 2.45) is 17.8 Å². The van der Waals surface area contributed by atoms with E-state index >= 15 is 0 Å². The molecule has 0 aliphatic rings. The van der Waals surface area contributed by atoms with Crippen molar-refractivity contribution in [1.29, 1.82) is 0 Å². The van der Waals surface area contributed by atoms with E-state index in [0.29, 0.717) is 17.8 Å². The first kappa shape index (κ1) is 16.1. The quantitative estimate of drug-likeness (QED) is 0.715. The number of nitrogens with one attached hydrogen (secondary N) is 1. The highest BCUT2D eigenvalue weighted by molar-refractivity contribution is 4.91. The number of aromatic nitrogens is 3. The first-order valence-corrected chi connectivity index (χ1v) is 7.25. The molecule has 19 heavy (non-hydrogen) atoms. The molecule has 0 unspecified atom stereocenters. The molecule has 5 nitrogen and oxygen atoms in total. The zero-order valence-corrected chi connectivity index (χ0v) is 12.6. The van der Waals surface area contributed by atoms with Crippen LogP contribution in [0.1, 0.15) is 39.8 Å². The molecule has 0 radical (unpaired) electrons. The van der Waals surface area contributed by atoms with E-state index < -0.39 is 0 Å². The monoisotopic (exact) mass is 268 g/mol. The van der Waals surface area contributed by atoms with Gasteiger partial charge < -0.3 is 10.4 Å². The largest absolute Gasteiger partial charge is 0.396 e. The van der Waals surface area contributed by atoms with Gasteiger partial charge in [-0.3, -0.25) is 4.68 Å².